The molecule has 0 N–H and O–H groups in total. The monoisotopic (exact) mass is 191 g/mol. The molecule has 0 fully saturated rings. The summed E-state index contributed by atoms with van der Waals surface area (Å²) in [6.45, 7) is 4.95. The highest BCUT2D eigenvalue weighted by Crippen LogP contribution is 1.99. The molecule has 2 aromatic rings. The molecule has 0 radical (unpaired) electrons. The summed E-state index contributed by atoms with van der Waals surface area (Å²) in [6.07, 6.45) is 7.96. The Hall–Kier alpha value is -1.58. The Morgan fingerprint density at radius 2 is 2.07 bits per heavy atom. The predicted molar refractivity (Wildman–Crippen MR) is 52.7 cm³/mol. The topological polar surface area (TPSA) is 26.6 Å². The predicted octanol–water partition coefficient (Wildman–Crippen LogP) is 0.632. The van der Waals surface area contributed by atoms with E-state index in [0.717, 1.165) is 12.5 Å². The van der Waals surface area contributed by atoms with E-state index in [4.69, 9.17) is 0 Å². The van der Waals surface area contributed by atoms with Crippen LogP contribution >= 0.6 is 0 Å². The van der Waals surface area contributed by atoms with Crippen molar-refractivity contribution in [2.75, 3.05) is 0 Å². The summed E-state index contributed by atoms with van der Waals surface area (Å²) < 4.78 is 6.41. The lowest BCUT2D eigenvalue weighted by Crippen LogP contribution is -2.30. The molecule has 0 aliphatic rings. The maximum atomic E-state index is 4.19. The third kappa shape index (κ3) is 1.43. The number of aromatic nitrogens is 4. The molecule has 14 heavy (non-hydrogen) atoms. The van der Waals surface area contributed by atoms with E-state index in [-0.39, 0.29) is 0 Å². The van der Waals surface area contributed by atoms with Crippen LogP contribution in [0.3, 0.4) is 0 Å². The smallest absolute Gasteiger partial charge is 0.254 e. The van der Waals surface area contributed by atoms with E-state index in [9.17, 15) is 0 Å². The minimum Gasteiger partial charge on any atom is -0.298 e. The van der Waals surface area contributed by atoms with Gasteiger partial charge in [-0.3, -0.25) is 4.57 Å². The second-order valence-corrected chi connectivity index (χ2v) is 3.51. The largest absolute Gasteiger partial charge is 0.298 e. The van der Waals surface area contributed by atoms with Crippen LogP contribution in [-0.2, 0) is 13.7 Å². The van der Waals surface area contributed by atoms with Crippen LogP contribution < -0.4 is 4.57 Å². The fourth-order valence-corrected chi connectivity index (χ4v) is 1.47. The zero-order chi connectivity index (χ0) is 10.1. The van der Waals surface area contributed by atoms with Crippen LogP contribution in [0.25, 0.3) is 0 Å². The molecule has 0 aliphatic heterocycles. The second-order valence-electron chi connectivity index (χ2n) is 3.51. The van der Waals surface area contributed by atoms with Crippen LogP contribution in [0.5, 0.6) is 0 Å². The minimum absolute atomic E-state index is 0.832. The van der Waals surface area contributed by atoms with E-state index >= 15 is 0 Å². The Labute approximate surface area is 83.4 Å². The van der Waals surface area contributed by atoms with Gasteiger partial charge in [-0.1, -0.05) is 0 Å². The standard InChI is InChI=1S/C10H15N4/c1-9-11-4-5-13(9)8-14-7-6-12(3)10(14)2/h4-7H,8H2,1-3H3/q+1. The number of imidazole rings is 2. The molecule has 2 rings (SSSR count). The SMILES string of the molecule is Cc1nccn1Cn1cc[n+](C)c1C. The first-order valence-electron chi connectivity index (χ1n) is 4.67. The first kappa shape index (κ1) is 8.99. The van der Waals surface area contributed by atoms with Crippen LogP contribution in [0, 0.1) is 13.8 Å². The average Bonchev–Trinajstić information content (AvgIpc) is 2.68. The van der Waals surface area contributed by atoms with E-state index in [2.05, 4.69) is 38.0 Å². The Bertz CT molecular complexity index is 439. The lowest BCUT2D eigenvalue weighted by molar-refractivity contribution is -0.677. The third-order valence-corrected chi connectivity index (χ3v) is 2.62. The van der Waals surface area contributed by atoms with Crippen LogP contribution in [-0.4, -0.2) is 14.1 Å². The molecule has 2 aromatic heterocycles. The van der Waals surface area contributed by atoms with Gasteiger partial charge in [-0.2, -0.15) is 0 Å². The van der Waals surface area contributed by atoms with Gasteiger partial charge in [-0.05, 0) is 6.92 Å². The van der Waals surface area contributed by atoms with Gasteiger partial charge in [-0.15, -0.1) is 0 Å². The number of rotatable bonds is 2. The molecular formula is C10H15N4+. The van der Waals surface area contributed by atoms with E-state index in [1.807, 2.05) is 26.4 Å². The molecule has 4 nitrogen and oxygen atoms in total. The van der Waals surface area contributed by atoms with Gasteiger partial charge in [0.15, 0.2) is 6.67 Å². The van der Waals surface area contributed by atoms with E-state index in [1.165, 1.54) is 5.82 Å². The molecule has 0 saturated carbocycles. The summed E-state index contributed by atoms with van der Waals surface area (Å²) in [6, 6.07) is 0. The number of aryl methyl sites for hydroxylation is 2. The lowest BCUT2D eigenvalue weighted by Gasteiger charge is -2.02. The fourth-order valence-electron chi connectivity index (χ4n) is 1.47. The van der Waals surface area contributed by atoms with Crippen molar-refractivity contribution in [3.8, 4) is 0 Å². The van der Waals surface area contributed by atoms with Crippen molar-refractivity contribution >= 4 is 0 Å². The zero-order valence-corrected chi connectivity index (χ0v) is 8.81. The van der Waals surface area contributed by atoms with Gasteiger partial charge in [0, 0.05) is 19.3 Å². The van der Waals surface area contributed by atoms with Crippen molar-refractivity contribution in [2.24, 2.45) is 7.05 Å². The fraction of sp³-hybridized carbons (Fsp3) is 0.400. The normalized spacial score (nSPS) is 10.8. The summed E-state index contributed by atoms with van der Waals surface area (Å²) in [5.41, 5.74) is 0. The van der Waals surface area contributed by atoms with Gasteiger partial charge in [0.1, 0.15) is 18.2 Å². The highest BCUT2D eigenvalue weighted by Gasteiger charge is 2.09. The van der Waals surface area contributed by atoms with E-state index in [0.29, 0.717) is 0 Å². The summed E-state index contributed by atoms with van der Waals surface area (Å²) >= 11 is 0. The van der Waals surface area contributed by atoms with Crippen molar-refractivity contribution in [1.29, 1.82) is 0 Å². The van der Waals surface area contributed by atoms with Crippen molar-refractivity contribution in [3.63, 3.8) is 0 Å². The molecule has 0 amide bonds. The minimum atomic E-state index is 0.832. The molecule has 0 saturated heterocycles. The van der Waals surface area contributed by atoms with Crippen LogP contribution in [0.2, 0.25) is 0 Å². The maximum Gasteiger partial charge on any atom is 0.254 e. The van der Waals surface area contributed by atoms with Crippen molar-refractivity contribution in [2.45, 2.75) is 20.5 Å². The molecular weight excluding hydrogens is 176 g/mol. The van der Waals surface area contributed by atoms with E-state index < -0.39 is 0 Å². The van der Waals surface area contributed by atoms with Crippen LogP contribution in [0.15, 0.2) is 24.8 Å². The van der Waals surface area contributed by atoms with Crippen LogP contribution in [0.4, 0.5) is 0 Å². The number of hydrogen-bond donors (Lipinski definition) is 0. The summed E-state index contributed by atoms with van der Waals surface area (Å²) in [5.74, 6) is 2.28. The molecule has 4 heteroatoms. The van der Waals surface area contributed by atoms with Crippen LogP contribution in [0.1, 0.15) is 11.6 Å². The molecule has 0 aliphatic carbocycles. The lowest BCUT2D eigenvalue weighted by atomic mass is 10.6. The second kappa shape index (κ2) is 3.29. The van der Waals surface area contributed by atoms with Gasteiger partial charge >= 0.3 is 0 Å². The molecule has 0 atom stereocenters. The molecule has 2 heterocycles. The van der Waals surface area contributed by atoms with Gasteiger partial charge in [0.05, 0.1) is 7.05 Å². The molecule has 74 valence electrons. The first-order chi connectivity index (χ1) is 6.68. The van der Waals surface area contributed by atoms with Crippen molar-refractivity contribution in [1.82, 2.24) is 14.1 Å². The maximum absolute atomic E-state index is 4.19. The van der Waals surface area contributed by atoms with Crippen molar-refractivity contribution in [3.05, 3.63) is 36.4 Å². The van der Waals surface area contributed by atoms with Gasteiger partial charge in [0.25, 0.3) is 5.82 Å². The molecule has 0 aromatic carbocycles. The Kier molecular flexibility index (Phi) is 2.11. The molecule has 0 spiro atoms. The zero-order valence-electron chi connectivity index (χ0n) is 8.81. The molecule has 0 bridgehead atoms. The third-order valence-electron chi connectivity index (χ3n) is 2.62. The van der Waals surface area contributed by atoms with Gasteiger partial charge < -0.3 is 0 Å². The Morgan fingerprint density at radius 1 is 1.29 bits per heavy atom. The molecule has 0 unspecified atom stereocenters. The Balaban J connectivity index is 2.27. The summed E-state index contributed by atoms with van der Waals surface area (Å²) in [7, 11) is 2.05. The highest BCUT2D eigenvalue weighted by atomic mass is 15.2. The van der Waals surface area contributed by atoms with Gasteiger partial charge in [-0.25, -0.2) is 14.1 Å². The Morgan fingerprint density at radius 3 is 2.57 bits per heavy atom. The number of hydrogen-bond acceptors (Lipinski definition) is 1. The van der Waals surface area contributed by atoms with E-state index in [1.54, 1.807) is 0 Å². The average molecular weight is 191 g/mol. The summed E-state index contributed by atoms with van der Waals surface area (Å²) in [5, 5.41) is 0. The number of nitrogens with zero attached hydrogens (tertiary/aromatic N) is 4. The first-order valence-corrected chi connectivity index (χ1v) is 4.67. The van der Waals surface area contributed by atoms with Gasteiger partial charge in [0.2, 0.25) is 0 Å². The van der Waals surface area contributed by atoms with Crippen molar-refractivity contribution < 1.29 is 4.57 Å². The summed E-state index contributed by atoms with van der Waals surface area (Å²) in [4.78, 5) is 4.19. The highest BCUT2D eigenvalue weighted by molar-refractivity contribution is 4.90. The quantitative estimate of drug-likeness (QED) is 0.640.